The molecule has 0 unspecified atom stereocenters. The molecule has 2 rings (SSSR count). The van der Waals surface area contributed by atoms with E-state index in [0.29, 0.717) is 11.8 Å². The van der Waals surface area contributed by atoms with Gasteiger partial charge in [0.25, 0.3) is 0 Å². The minimum absolute atomic E-state index is 0.244. The molecule has 3 heteroatoms. The molecule has 1 aromatic carbocycles. The van der Waals surface area contributed by atoms with E-state index >= 15 is 0 Å². The van der Waals surface area contributed by atoms with E-state index in [1.54, 1.807) is 0 Å². The van der Waals surface area contributed by atoms with Crippen molar-refractivity contribution in [3.8, 4) is 0 Å². The van der Waals surface area contributed by atoms with E-state index in [2.05, 4.69) is 28.1 Å². The third-order valence-corrected chi connectivity index (χ3v) is 3.79. The molecule has 2 nitrogen and oxygen atoms in total. The maximum atomic E-state index is 9.31. The Bertz CT molecular complexity index is 325. The van der Waals surface area contributed by atoms with Gasteiger partial charge in [-0.2, -0.15) is 0 Å². The lowest BCUT2D eigenvalue weighted by Gasteiger charge is -2.17. The van der Waals surface area contributed by atoms with E-state index in [1.807, 2.05) is 12.1 Å². The van der Waals surface area contributed by atoms with Crippen molar-refractivity contribution in [1.29, 1.82) is 0 Å². The van der Waals surface area contributed by atoms with Gasteiger partial charge in [-0.05, 0) is 42.4 Å². The Morgan fingerprint density at radius 1 is 1.27 bits per heavy atom. The Labute approximate surface area is 98.6 Å². The Balaban J connectivity index is 2.19. The van der Waals surface area contributed by atoms with Crippen LogP contribution < -0.4 is 5.73 Å². The smallest absolute Gasteiger partial charge is 0.0465 e. The summed E-state index contributed by atoms with van der Waals surface area (Å²) in [5.74, 6) is 0.763. The van der Waals surface area contributed by atoms with Crippen LogP contribution in [0.1, 0.15) is 24.3 Å². The standard InChI is InChI=1S/C12H16BrNO/c13-10-3-1-8(2-4-10)12-6-11(14)5-9(12)7-15/h1-4,9,11-12,15H,5-7,14H2/t9-,11-,12-/m0/s1. The van der Waals surface area contributed by atoms with Crippen molar-refractivity contribution >= 4 is 15.9 Å². The van der Waals surface area contributed by atoms with Gasteiger partial charge < -0.3 is 10.8 Å². The fourth-order valence-corrected chi connectivity index (χ4v) is 2.75. The molecular formula is C12H16BrNO. The van der Waals surface area contributed by atoms with Gasteiger partial charge in [0.05, 0.1) is 0 Å². The second-order valence-electron chi connectivity index (χ2n) is 4.33. The summed E-state index contributed by atoms with van der Waals surface area (Å²) in [5.41, 5.74) is 7.23. The van der Waals surface area contributed by atoms with Gasteiger partial charge in [0.2, 0.25) is 0 Å². The predicted molar refractivity (Wildman–Crippen MR) is 64.7 cm³/mol. The second-order valence-corrected chi connectivity index (χ2v) is 5.25. The van der Waals surface area contributed by atoms with Gasteiger partial charge in [0, 0.05) is 17.1 Å². The van der Waals surface area contributed by atoms with Gasteiger partial charge in [-0.25, -0.2) is 0 Å². The van der Waals surface area contributed by atoms with Crippen molar-refractivity contribution in [2.45, 2.75) is 24.8 Å². The lowest BCUT2D eigenvalue weighted by Crippen LogP contribution is -2.15. The summed E-state index contributed by atoms with van der Waals surface area (Å²) >= 11 is 3.42. The molecule has 1 aliphatic carbocycles. The summed E-state index contributed by atoms with van der Waals surface area (Å²) < 4.78 is 1.09. The predicted octanol–water partition coefficient (Wildman–Crippen LogP) is 2.26. The number of aliphatic hydroxyl groups excluding tert-OH is 1. The van der Waals surface area contributed by atoms with E-state index in [9.17, 15) is 5.11 Å². The molecule has 1 saturated carbocycles. The first-order chi connectivity index (χ1) is 7.20. The first-order valence-electron chi connectivity index (χ1n) is 5.32. The summed E-state index contributed by atoms with van der Waals surface area (Å²) in [6.45, 7) is 0.244. The number of halogens is 1. The van der Waals surface area contributed by atoms with Crippen LogP contribution >= 0.6 is 15.9 Å². The summed E-state index contributed by atoms with van der Waals surface area (Å²) in [4.78, 5) is 0. The van der Waals surface area contributed by atoms with Crippen LogP contribution in [0.4, 0.5) is 0 Å². The molecule has 0 heterocycles. The van der Waals surface area contributed by atoms with Crippen LogP contribution in [0.5, 0.6) is 0 Å². The van der Waals surface area contributed by atoms with E-state index in [4.69, 9.17) is 5.73 Å². The highest BCUT2D eigenvalue weighted by Gasteiger charge is 2.32. The zero-order valence-corrected chi connectivity index (χ0v) is 10.2. The van der Waals surface area contributed by atoms with Crippen LogP contribution in [-0.2, 0) is 0 Å². The largest absolute Gasteiger partial charge is 0.396 e. The van der Waals surface area contributed by atoms with Gasteiger partial charge in [-0.1, -0.05) is 28.1 Å². The molecule has 0 bridgehead atoms. The number of hydrogen-bond acceptors (Lipinski definition) is 2. The second kappa shape index (κ2) is 4.64. The third-order valence-electron chi connectivity index (χ3n) is 3.26. The van der Waals surface area contributed by atoms with Crippen LogP contribution in [0, 0.1) is 5.92 Å². The van der Waals surface area contributed by atoms with E-state index in [0.717, 1.165) is 17.3 Å². The lowest BCUT2D eigenvalue weighted by molar-refractivity contribution is 0.216. The molecule has 0 saturated heterocycles. The van der Waals surface area contributed by atoms with E-state index < -0.39 is 0 Å². The summed E-state index contributed by atoms with van der Waals surface area (Å²) in [6, 6.07) is 8.59. The average molecular weight is 270 g/mol. The Morgan fingerprint density at radius 3 is 2.53 bits per heavy atom. The summed E-state index contributed by atoms with van der Waals surface area (Å²) in [5, 5.41) is 9.31. The monoisotopic (exact) mass is 269 g/mol. The first kappa shape index (κ1) is 11.1. The van der Waals surface area contributed by atoms with Crippen molar-refractivity contribution in [1.82, 2.24) is 0 Å². The molecule has 0 spiro atoms. The molecule has 82 valence electrons. The number of nitrogens with two attached hydrogens (primary N) is 1. The zero-order valence-electron chi connectivity index (χ0n) is 8.57. The molecule has 0 radical (unpaired) electrons. The SMILES string of the molecule is N[C@H]1C[C@@H](CO)[C@H](c2ccc(Br)cc2)C1. The normalized spacial score (nSPS) is 30.7. The number of aliphatic hydroxyl groups is 1. The average Bonchev–Trinajstić information content (AvgIpc) is 2.61. The molecule has 1 aromatic rings. The molecule has 1 aliphatic rings. The highest BCUT2D eigenvalue weighted by atomic mass is 79.9. The highest BCUT2D eigenvalue weighted by molar-refractivity contribution is 9.10. The maximum Gasteiger partial charge on any atom is 0.0465 e. The van der Waals surface area contributed by atoms with Crippen molar-refractivity contribution in [3.63, 3.8) is 0 Å². The fourth-order valence-electron chi connectivity index (χ4n) is 2.49. The highest BCUT2D eigenvalue weighted by Crippen LogP contribution is 2.38. The van der Waals surface area contributed by atoms with Gasteiger partial charge in [0.1, 0.15) is 0 Å². The van der Waals surface area contributed by atoms with Crippen molar-refractivity contribution in [3.05, 3.63) is 34.3 Å². The molecule has 15 heavy (non-hydrogen) atoms. The first-order valence-corrected chi connectivity index (χ1v) is 6.12. The zero-order chi connectivity index (χ0) is 10.8. The quantitative estimate of drug-likeness (QED) is 0.866. The summed E-state index contributed by atoms with van der Waals surface area (Å²) in [7, 11) is 0. The lowest BCUT2D eigenvalue weighted by atomic mass is 9.89. The van der Waals surface area contributed by atoms with Crippen LogP contribution in [0.3, 0.4) is 0 Å². The molecule has 0 aromatic heterocycles. The van der Waals surface area contributed by atoms with Crippen LogP contribution in [0.15, 0.2) is 28.7 Å². The van der Waals surface area contributed by atoms with Crippen molar-refractivity contribution in [2.24, 2.45) is 11.7 Å². The Hall–Kier alpha value is -0.380. The molecule has 3 N–H and O–H groups in total. The number of rotatable bonds is 2. The fraction of sp³-hybridized carbons (Fsp3) is 0.500. The summed E-state index contributed by atoms with van der Waals surface area (Å²) in [6.07, 6.45) is 1.93. The Morgan fingerprint density at radius 2 is 1.93 bits per heavy atom. The van der Waals surface area contributed by atoms with Gasteiger partial charge in [-0.15, -0.1) is 0 Å². The Kier molecular flexibility index (Phi) is 3.44. The topological polar surface area (TPSA) is 46.2 Å². The molecule has 3 atom stereocenters. The molecule has 0 amide bonds. The van der Waals surface area contributed by atoms with E-state index in [-0.39, 0.29) is 12.6 Å². The number of hydrogen-bond donors (Lipinski definition) is 2. The van der Waals surface area contributed by atoms with Gasteiger partial charge in [-0.3, -0.25) is 0 Å². The van der Waals surface area contributed by atoms with Gasteiger partial charge >= 0.3 is 0 Å². The van der Waals surface area contributed by atoms with Crippen molar-refractivity contribution < 1.29 is 5.11 Å². The molecule has 0 aliphatic heterocycles. The molecular weight excluding hydrogens is 254 g/mol. The van der Waals surface area contributed by atoms with Crippen LogP contribution in [-0.4, -0.2) is 17.8 Å². The van der Waals surface area contributed by atoms with Crippen LogP contribution in [0.25, 0.3) is 0 Å². The third kappa shape index (κ3) is 2.41. The number of benzene rings is 1. The minimum atomic E-state index is 0.244. The van der Waals surface area contributed by atoms with E-state index in [1.165, 1.54) is 5.56 Å². The minimum Gasteiger partial charge on any atom is -0.396 e. The van der Waals surface area contributed by atoms with Crippen LogP contribution in [0.2, 0.25) is 0 Å². The maximum absolute atomic E-state index is 9.31. The molecule has 1 fully saturated rings. The van der Waals surface area contributed by atoms with Crippen molar-refractivity contribution in [2.75, 3.05) is 6.61 Å². The van der Waals surface area contributed by atoms with Gasteiger partial charge in [0.15, 0.2) is 0 Å².